The predicted octanol–water partition coefficient (Wildman–Crippen LogP) is 4.00. The molecule has 0 saturated heterocycles. The van der Waals surface area contributed by atoms with Crippen LogP contribution in [0.5, 0.6) is 0 Å². The summed E-state index contributed by atoms with van der Waals surface area (Å²) in [6.07, 6.45) is 2.13. The summed E-state index contributed by atoms with van der Waals surface area (Å²) in [4.78, 5) is 23.2. The van der Waals surface area contributed by atoms with Gasteiger partial charge in [-0.25, -0.2) is 4.98 Å². The van der Waals surface area contributed by atoms with Crippen molar-refractivity contribution in [3.63, 3.8) is 0 Å². The fraction of sp³-hybridized carbons (Fsp3) is 0.278. The molecule has 0 radical (unpaired) electrons. The topological polar surface area (TPSA) is 46.1 Å². The summed E-state index contributed by atoms with van der Waals surface area (Å²) in [5.41, 5.74) is 2.86. The van der Waals surface area contributed by atoms with Gasteiger partial charge in [0, 0.05) is 30.6 Å². The second-order valence-corrected chi connectivity index (χ2v) is 7.83. The average molecular weight is 358 g/mol. The number of thioether (sulfide) groups is 1. The first-order valence-electron chi connectivity index (χ1n) is 7.81. The number of para-hydroxylation sites is 1. The van der Waals surface area contributed by atoms with Crippen LogP contribution in [0.4, 0.5) is 0 Å². The SMILES string of the molecule is CCSc1nc(CC(=O)N(C)Cc2cccc3cccnc23)cs1. The Morgan fingerprint density at radius 2 is 2.12 bits per heavy atom. The minimum atomic E-state index is 0.0706. The minimum absolute atomic E-state index is 0.0706. The summed E-state index contributed by atoms with van der Waals surface area (Å²) in [6.45, 7) is 2.65. The quantitative estimate of drug-likeness (QED) is 0.626. The normalized spacial score (nSPS) is 10.9. The van der Waals surface area contributed by atoms with Crippen molar-refractivity contribution in [2.45, 2.75) is 24.2 Å². The highest BCUT2D eigenvalue weighted by Gasteiger charge is 2.14. The van der Waals surface area contributed by atoms with E-state index in [2.05, 4.69) is 16.9 Å². The van der Waals surface area contributed by atoms with Crippen LogP contribution in [-0.4, -0.2) is 33.6 Å². The first kappa shape index (κ1) is 16.9. The Labute approximate surface area is 149 Å². The van der Waals surface area contributed by atoms with Gasteiger partial charge in [-0.2, -0.15) is 0 Å². The Kier molecular flexibility index (Phi) is 5.48. The first-order valence-corrected chi connectivity index (χ1v) is 9.67. The molecule has 0 saturated carbocycles. The van der Waals surface area contributed by atoms with Crippen LogP contribution >= 0.6 is 23.1 Å². The molecule has 6 heteroatoms. The van der Waals surface area contributed by atoms with Gasteiger partial charge in [0.25, 0.3) is 0 Å². The van der Waals surface area contributed by atoms with Crippen LogP contribution in [0.1, 0.15) is 18.2 Å². The van der Waals surface area contributed by atoms with Gasteiger partial charge in [0.2, 0.25) is 5.91 Å². The van der Waals surface area contributed by atoms with Crippen LogP contribution in [0.15, 0.2) is 46.2 Å². The Hall–Kier alpha value is -1.92. The number of aromatic nitrogens is 2. The monoisotopic (exact) mass is 357 g/mol. The maximum Gasteiger partial charge on any atom is 0.228 e. The van der Waals surface area contributed by atoms with E-state index in [9.17, 15) is 4.79 Å². The van der Waals surface area contributed by atoms with Crippen LogP contribution in [0.25, 0.3) is 10.9 Å². The van der Waals surface area contributed by atoms with Gasteiger partial charge in [-0.05, 0) is 17.4 Å². The largest absolute Gasteiger partial charge is 0.341 e. The number of carbonyl (C=O) groups is 1. The molecule has 0 N–H and O–H groups in total. The third-order valence-electron chi connectivity index (χ3n) is 3.68. The summed E-state index contributed by atoms with van der Waals surface area (Å²) >= 11 is 3.31. The molecule has 24 heavy (non-hydrogen) atoms. The lowest BCUT2D eigenvalue weighted by atomic mass is 10.1. The number of rotatable bonds is 6. The molecule has 0 aliphatic rings. The van der Waals surface area contributed by atoms with Crippen molar-refractivity contribution in [3.05, 3.63) is 53.2 Å². The number of hydrogen-bond donors (Lipinski definition) is 0. The van der Waals surface area contributed by atoms with E-state index < -0.39 is 0 Å². The number of hydrogen-bond acceptors (Lipinski definition) is 5. The Morgan fingerprint density at radius 1 is 1.29 bits per heavy atom. The molecular formula is C18H19N3OS2. The number of nitrogens with zero attached hydrogens (tertiary/aromatic N) is 3. The second kappa shape index (κ2) is 7.77. The molecule has 2 heterocycles. The summed E-state index contributed by atoms with van der Waals surface area (Å²) in [7, 11) is 1.83. The Bertz CT molecular complexity index is 842. The zero-order valence-corrected chi connectivity index (χ0v) is 15.4. The van der Waals surface area contributed by atoms with Crippen molar-refractivity contribution in [1.29, 1.82) is 0 Å². The van der Waals surface area contributed by atoms with Gasteiger partial charge in [0.05, 0.1) is 17.6 Å². The lowest BCUT2D eigenvalue weighted by Crippen LogP contribution is -2.28. The van der Waals surface area contributed by atoms with Gasteiger partial charge in [-0.1, -0.05) is 43.0 Å². The average Bonchev–Trinajstić information content (AvgIpc) is 3.02. The van der Waals surface area contributed by atoms with Crippen molar-refractivity contribution in [2.75, 3.05) is 12.8 Å². The third-order valence-corrected chi connectivity index (χ3v) is 5.63. The zero-order chi connectivity index (χ0) is 16.9. The highest BCUT2D eigenvalue weighted by atomic mass is 32.2. The van der Waals surface area contributed by atoms with Crippen LogP contribution < -0.4 is 0 Å². The number of amides is 1. The van der Waals surface area contributed by atoms with E-state index in [1.165, 1.54) is 0 Å². The lowest BCUT2D eigenvalue weighted by Gasteiger charge is -2.17. The standard InChI is InChI=1S/C18H19N3OS2/c1-3-23-18-20-15(12-24-18)10-16(22)21(2)11-14-7-4-6-13-8-5-9-19-17(13)14/h4-9,12H,3,10-11H2,1-2H3. The van der Waals surface area contributed by atoms with Crippen LogP contribution in [-0.2, 0) is 17.8 Å². The molecule has 0 bridgehead atoms. The number of thiazole rings is 1. The highest BCUT2D eigenvalue weighted by molar-refractivity contribution is 8.00. The van der Waals surface area contributed by atoms with Crippen LogP contribution in [0, 0.1) is 0 Å². The minimum Gasteiger partial charge on any atom is -0.341 e. The fourth-order valence-corrected chi connectivity index (χ4v) is 4.23. The third kappa shape index (κ3) is 3.94. The van der Waals surface area contributed by atoms with E-state index in [0.29, 0.717) is 13.0 Å². The molecule has 1 aromatic carbocycles. The molecule has 1 amide bonds. The van der Waals surface area contributed by atoms with Crippen molar-refractivity contribution in [2.24, 2.45) is 0 Å². The van der Waals surface area contributed by atoms with Crippen LogP contribution in [0.2, 0.25) is 0 Å². The molecule has 3 rings (SSSR count). The van der Waals surface area contributed by atoms with E-state index in [4.69, 9.17) is 0 Å². The molecule has 0 fully saturated rings. The highest BCUT2D eigenvalue weighted by Crippen LogP contribution is 2.23. The molecule has 0 unspecified atom stereocenters. The van der Waals surface area contributed by atoms with Crippen molar-refractivity contribution >= 4 is 39.9 Å². The Morgan fingerprint density at radius 3 is 2.96 bits per heavy atom. The summed E-state index contributed by atoms with van der Waals surface area (Å²) in [5.74, 6) is 1.07. The molecule has 0 aliphatic heterocycles. The molecule has 124 valence electrons. The number of likely N-dealkylation sites (N-methyl/N-ethyl adjacent to an activating group) is 1. The van der Waals surface area contributed by atoms with Gasteiger partial charge < -0.3 is 4.90 Å². The molecule has 2 aromatic heterocycles. The summed E-state index contributed by atoms with van der Waals surface area (Å²) in [6, 6.07) is 10.0. The summed E-state index contributed by atoms with van der Waals surface area (Å²) < 4.78 is 1.03. The van der Waals surface area contributed by atoms with Gasteiger partial charge in [-0.15, -0.1) is 11.3 Å². The van der Waals surface area contributed by atoms with E-state index in [0.717, 1.165) is 32.3 Å². The number of pyridine rings is 1. The van der Waals surface area contributed by atoms with Crippen LogP contribution in [0.3, 0.4) is 0 Å². The maximum absolute atomic E-state index is 12.5. The van der Waals surface area contributed by atoms with Gasteiger partial charge >= 0.3 is 0 Å². The number of fused-ring (bicyclic) bond motifs is 1. The van der Waals surface area contributed by atoms with Gasteiger partial charge in [0.15, 0.2) is 0 Å². The van der Waals surface area contributed by atoms with E-state index >= 15 is 0 Å². The molecule has 3 aromatic rings. The van der Waals surface area contributed by atoms with E-state index in [-0.39, 0.29) is 5.91 Å². The molecule has 0 spiro atoms. The predicted molar refractivity (Wildman–Crippen MR) is 100 cm³/mol. The molecular weight excluding hydrogens is 338 g/mol. The Balaban J connectivity index is 1.69. The molecule has 0 atom stereocenters. The van der Waals surface area contributed by atoms with Crippen molar-refractivity contribution in [3.8, 4) is 0 Å². The maximum atomic E-state index is 12.5. The fourth-order valence-electron chi connectivity index (χ4n) is 2.49. The van der Waals surface area contributed by atoms with Crippen molar-refractivity contribution in [1.82, 2.24) is 14.9 Å². The van der Waals surface area contributed by atoms with E-state index in [1.807, 2.05) is 42.8 Å². The second-order valence-electron chi connectivity index (χ2n) is 5.46. The summed E-state index contributed by atoms with van der Waals surface area (Å²) in [5, 5.41) is 3.07. The molecule has 0 aliphatic carbocycles. The van der Waals surface area contributed by atoms with Crippen molar-refractivity contribution < 1.29 is 4.79 Å². The van der Waals surface area contributed by atoms with E-state index in [1.54, 1.807) is 34.2 Å². The van der Waals surface area contributed by atoms with Gasteiger partial charge in [-0.3, -0.25) is 9.78 Å². The lowest BCUT2D eigenvalue weighted by molar-refractivity contribution is -0.129. The smallest absolute Gasteiger partial charge is 0.228 e. The number of benzene rings is 1. The van der Waals surface area contributed by atoms with Gasteiger partial charge in [0.1, 0.15) is 4.34 Å². The zero-order valence-electron chi connectivity index (χ0n) is 13.7. The molecule has 4 nitrogen and oxygen atoms in total. The number of carbonyl (C=O) groups excluding carboxylic acids is 1. The first-order chi connectivity index (χ1) is 11.7.